The molecule has 2 rings (SSSR count). The minimum absolute atomic E-state index is 0.294. The molecule has 1 aromatic heterocycles. The lowest BCUT2D eigenvalue weighted by Crippen LogP contribution is -1.99. The summed E-state index contributed by atoms with van der Waals surface area (Å²) in [5.74, 6) is 0.338. The summed E-state index contributed by atoms with van der Waals surface area (Å²) in [6, 6.07) is 3.06. The Bertz CT molecular complexity index is 596. The maximum absolute atomic E-state index is 11.0. The van der Waals surface area contributed by atoms with Gasteiger partial charge in [0.05, 0.1) is 16.8 Å². The van der Waals surface area contributed by atoms with Gasteiger partial charge in [-0.25, -0.2) is 0 Å². The van der Waals surface area contributed by atoms with Gasteiger partial charge < -0.3 is 4.74 Å². The van der Waals surface area contributed by atoms with Crippen molar-refractivity contribution in [2.75, 3.05) is 0 Å². The van der Waals surface area contributed by atoms with Crippen LogP contribution in [0.1, 0.15) is 22.8 Å². The predicted octanol–water partition coefficient (Wildman–Crippen LogP) is 3.60. The normalized spacial score (nSPS) is 10.5. The summed E-state index contributed by atoms with van der Waals surface area (Å²) in [6.45, 7) is 3.08. The second-order valence-electron chi connectivity index (χ2n) is 3.92. The molecule has 0 radical (unpaired) electrons. The van der Waals surface area contributed by atoms with Gasteiger partial charge in [0.2, 0.25) is 0 Å². The second-order valence-corrected chi connectivity index (χ2v) is 4.76. The van der Waals surface area contributed by atoms with Crippen LogP contribution in [-0.4, -0.2) is 16.1 Å². The number of aromatic nitrogens is 2. The topological polar surface area (TPSA) is 44.1 Å². The molecule has 0 aliphatic heterocycles. The summed E-state index contributed by atoms with van der Waals surface area (Å²) < 4.78 is 7.38. The van der Waals surface area contributed by atoms with Crippen LogP contribution in [0.15, 0.2) is 24.5 Å². The van der Waals surface area contributed by atoms with Gasteiger partial charge in [-0.3, -0.25) is 9.48 Å². The minimum atomic E-state index is 0.294. The lowest BCUT2D eigenvalue weighted by molar-refractivity contribution is 0.111. The molecule has 0 aliphatic rings. The number of benzene rings is 1. The molecule has 0 saturated carbocycles. The third-order valence-electron chi connectivity index (χ3n) is 2.56. The Morgan fingerprint density at radius 3 is 2.84 bits per heavy atom. The van der Waals surface area contributed by atoms with Gasteiger partial charge in [0.25, 0.3) is 0 Å². The SMILES string of the molecule is CCn1cc(COc2c(Cl)cc(Cl)cc2C=O)cn1. The second kappa shape index (κ2) is 6.08. The molecule has 0 atom stereocenters. The molecule has 0 N–H and O–H groups in total. The van der Waals surface area contributed by atoms with E-state index in [0.717, 1.165) is 12.1 Å². The van der Waals surface area contributed by atoms with E-state index in [-0.39, 0.29) is 0 Å². The highest BCUT2D eigenvalue weighted by atomic mass is 35.5. The summed E-state index contributed by atoms with van der Waals surface area (Å²) in [7, 11) is 0. The number of nitrogens with zero attached hydrogens (tertiary/aromatic N) is 2. The zero-order valence-corrected chi connectivity index (χ0v) is 11.8. The van der Waals surface area contributed by atoms with E-state index >= 15 is 0 Å². The van der Waals surface area contributed by atoms with Crippen molar-refractivity contribution in [1.82, 2.24) is 9.78 Å². The molecule has 0 spiro atoms. The summed E-state index contributed by atoms with van der Waals surface area (Å²) >= 11 is 11.9. The average molecular weight is 299 g/mol. The maximum Gasteiger partial charge on any atom is 0.153 e. The Morgan fingerprint density at radius 1 is 1.42 bits per heavy atom. The largest absolute Gasteiger partial charge is 0.486 e. The van der Waals surface area contributed by atoms with Gasteiger partial charge in [-0.15, -0.1) is 0 Å². The van der Waals surface area contributed by atoms with E-state index in [1.807, 2.05) is 13.1 Å². The van der Waals surface area contributed by atoms with Gasteiger partial charge in [-0.2, -0.15) is 5.10 Å². The number of rotatable bonds is 5. The number of aryl methyl sites for hydroxylation is 1. The summed E-state index contributed by atoms with van der Waals surface area (Å²) in [4.78, 5) is 11.0. The van der Waals surface area contributed by atoms with Gasteiger partial charge in [-0.1, -0.05) is 23.2 Å². The van der Waals surface area contributed by atoms with E-state index < -0.39 is 0 Å². The number of aldehydes is 1. The average Bonchev–Trinajstić information content (AvgIpc) is 2.84. The van der Waals surface area contributed by atoms with Crippen molar-refractivity contribution in [2.45, 2.75) is 20.1 Å². The Labute approximate surface area is 120 Å². The molecule has 100 valence electrons. The zero-order chi connectivity index (χ0) is 13.8. The van der Waals surface area contributed by atoms with Crippen molar-refractivity contribution in [1.29, 1.82) is 0 Å². The van der Waals surface area contributed by atoms with Crippen LogP contribution < -0.4 is 4.74 Å². The number of ether oxygens (including phenoxy) is 1. The highest BCUT2D eigenvalue weighted by Crippen LogP contribution is 2.32. The van der Waals surface area contributed by atoms with Crippen LogP contribution >= 0.6 is 23.2 Å². The molecule has 0 bridgehead atoms. The number of hydrogen-bond acceptors (Lipinski definition) is 3. The smallest absolute Gasteiger partial charge is 0.153 e. The predicted molar refractivity (Wildman–Crippen MR) is 74.1 cm³/mol. The molecule has 19 heavy (non-hydrogen) atoms. The van der Waals surface area contributed by atoms with Crippen molar-refractivity contribution < 1.29 is 9.53 Å². The first-order chi connectivity index (χ1) is 9.13. The zero-order valence-electron chi connectivity index (χ0n) is 10.3. The molecule has 2 aromatic rings. The molecule has 0 unspecified atom stereocenters. The third kappa shape index (κ3) is 3.28. The molecule has 1 aromatic carbocycles. The van der Waals surface area contributed by atoms with E-state index in [2.05, 4.69) is 5.10 Å². The molecular weight excluding hydrogens is 287 g/mol. The molecule has 0 fully saturated rings. The lowest BCUT2D eigenvalue weighted by atomic mass is 10.2. The molecule has 4 nitrogen and oxygen atoms in total. The summed E-state index contributed by atoms with van der Waals surface area (Å²) in [6.07, 6.45) is 4.26. The Kier molecular flexibility index (Phi) is 4.45. The van der Waals surface area contributed by atoms with Crippen molar-refractivity contribution in [3.05, 3.63) is 45.7 Å². The Morgan fingerprint density at radius 2 is 2.21 bits per heavy atom. The van der Waals surface area contributed by atoms with Crippen LogP contribution in [-0.2, 0) is 13.2 Å². The van der Waals surface area contributed by atoms with Gasteiger partial charge in [-0.05, 0) is 19.1 Å². The minimum Gasteiger partial charge on any atom is -0.486 e. The highest BCUT2D eigenvalue weighted by Gasteiger charge is 2.11. The van der Waals surface area contributed by atoms with E-state index in [4.69, 9.17) is 27.9 Å². The van der Waals surface area contributed by atoms with E-state index in [1.54, 1.807) is 16.9 Å². The first kappa shape index (κ1) is 13.9. The van der Waals surface area contributed by atoms with Gasteiger partial charge in [0.1, 0.15) is 12.4 Å². The Hall–Kier alpha value is -1.52. The molecule has 0 amide bonds. The van der Waals surface area contributed by atoms with Crippen LogP contribution in [0.25, 0.3) is 0 Å². The Balaban J connectivity index is 2.17. The highest BCUT2D eigenvalue weighted by molar-refractivity contribution is 6.36. The van der Waals surface area contributed by atoms with Crippen molar-refractivity contribution >= 4 is 29.5 Å². The van der Waals surface area contributed by atoms with Crippen LogP contribution in [0, 0.1) is 0 Å². The van der Waals surface area contributed by atoms with Crippen LogP contribution in [0.2, 0.25) is 10.0 Å². The van der Waals surface area contributed by atoms with E-state index in [0.29, 0.717) is 34.3 Å². The summed E-state index contributed by atoms with van der Waals surface area (Å²) in [5.41, 5.74) is 1.24. The standard InChI is InChI=1S/C13H12Cl2N2O2/c1-2-17-6-9(5-16-17)8-19-13-10(7-18)3-11(14)4-12(13)15/h3-7H,2,8H2,1H3. The maximum atomic E-state index is 11.0. The van der Waals surface area contributed by atoms with Crippen LogP contribution in [0.5, 0.6) is 5.75 Å². The van der Waals surface area contributed by atoms with Crippen LogP contribution in [0.4, 0.5) is 0 Å². The number of carbonyl (C=O) groups excluding carboxylic acids is 1. The fourth-order valence-corrected chi connectivity index (χ4v) is 2.19. The van der Waals surface area contributed by atoms with Crippen molar-refractivity contribution in [2.24, 2.45) is 0 Å². The quantitative estimate of drug-likeness (QED) is 0.792. The number of carbonyl (C=O) groups is 1. The molecule has 0 aliphatic carbocycles. The fraction of sp³-hybridized carbons (Fsp3) is 0.231. The molecular formula is C13H12Cl2N2O2. The number of halogens is 2. The van der Waals surface area contributed by atoms with E-state index in [9.17, 15) is 4.79 Å². The molecule has 1 heterocycles. The van der Waals surface area contributed by atoms with Gasteiger partial charge >= 0.3 is 0 Å². The van der Waals surface area contributed by atoms with Crippen molar-refractivity contribution in [3.8, 4) is 5.75 Å². The number of hydrogen-bond donors (Lipinski definition) is 0. The first-order valence-electron chi connectivity index (χ1n) is 5.72. The first-order valence-corrected chi connectivity index (χ1v) is 6.48. The fourth-order valence-electron chi connectivity index (χ4n) is 1.63. The monoisotopic (exact) mass is 298 g/mol. The molecule has 0 saturated heterocycles. The lowest BCUT2D eigenvalue weighted by Gasteiger charge is -2.09. The summed E-state index contributed by atoms with van der Waals surface area (Å²) in [5, 5.41) is 4.86. The van der Waals surface area contributed by atoms with Crippen molar-refractivity contribution in [3.63, 3.8) is 0 Å². The van der Waals surface area contributed by atoms with Gasteiger partial charge in [0, 0.05) is 23.3 Å². The van der Waals surface area contributed by atoms with E-state index in [1.165, 1.54) is 6.07 Å². The third-order valence-corrected chi connectivity index (χ3v) is 3.06. The van der Waals surface area contributed by atoms with Crippen LogP contribution in [0.3, 0.4) is 0 Å². The van der Waals surface area contributed by atoms with Gasteiger partial charge in [0.15, 0.2) is 6.29 Å². The molecule has 6 heteroatoms.